The fraction of sp³-hybridized carbons (Fsp3) is 0.250. The summed E-state index contributed by atoms with van der Waals surface area (Å²) in [5.74, 6) is 0.594. The maximum atomic E-state index is 12.8. The van der Waals surface area contributed by atoms with Crippen molar-refractivity contribution in [2.75, 3.05) is 5.32 Å². The van der Waals surface area contributed by atoms with Crippen molar-refractivity contribution in [1.82, 2.24) is 0 Å². The van der Waals surface area contributed by atoms with Crippen LogP contribution < -0.4 is 10.1 Å². The minimum atomic E-state index is -0.237. The fourth-order valence-electron chi connectivity index (χ4n) is 1.66. The molecule has 100 valence electrons. The summed E-state index contributed by atoms with van der Waals surface area (Å²) >= 11 is 0. The molecule has 0 aliphatic rings. The molecule has 2 aromatic rings. The first kappa shape index (κ1) is 13.4. The summed E-state index contributed by atoms with van der Waals surface area (Å²) in [5.41, 5.74) is 1.59. The van der Waals surface area contributed by atoms with E-state index in [4.69, 9.17) is 4.74 Å². The van der Waals surface area contributed by atoms with Crippen molar-refractivity contribution in [1.29, 1.82) is 0 Å². The van der Waals surface area contributed by atoms with Crippen LogP contribution in [-0.4, -0.2) is 5.60 Å². The van der Waals surface area contributed by atoms with E-state index in [1.165, 1.54) is 12.1 Å². The summed E-state index contributed by atoms with van der Waals surface area (Å²) in [6.07, 6.45) is 0. The fourth-order valence-corrected chi connectivity index (χ4v) is 1.66. The molecule has 3 heteroatoms. The summed E-state index contributed by atoms with van der Waals surface area (Å²) in [6.45, 7) is 6.03. The zero-order valence-corrected chi connectivity index (χ0v) is 11.4. The Balaban J connectivity index is 2.04. The molecule has 19 heavy (non-hydrogen) atoms. The standard InChI is InChI=1S/C16H18FNO/c1-16(2,3)19-15-10-8-14(9-11-15)18-13-6-4-12(17)5-7-13/h4-11,18H,1-3H3. The molecule has 0 fully saturated rings. The summed E-state index contributed by atoms with van der Waals surface area (Å²) in [7, 11) is 0. The molecule has 0 saturated heterocycles. The van der Waals surface area contributed by atoms with E-state index in [2.05, 4.69) is 5.32 Å². The summed E-state index contributed by atoms with van der Waals surface area (Å²) in [4.78, 5) is 0. The zero-order valence-electron chi connectivity index (χ0n) is 11.4. The van der Waals surface area contributed by atoms with Gasteiger partial charge in [0, 0.05) is 11.4 Å². The number of nitrogens with one attached hydrogen (secondary N) is 1. The maximum absolute atomic E-state index is 12.8. The van der Waals surface area contributed by atoms with E-state index in [-0.39, 0.29) is 11.4 Å². The number of ether oxygens (including phenoxy) is 1. The average molecular weight is 259 g/mol. The Kier molecular flexibility index (Phi) is 3.74. The predicted molar refractivity (Wildman–Crippen MR) is 76.5 cm³/mol. The van der Waals surface area contributed by atoms with Crippen LogP contribution in [0.15, 0.2) is 48.5 Å². The number of anilines is 2. The van der Waals surface area contributed by atoms with Gasteiger partial charge in [0.25, 0.3) is 0 Å². The van der Waals surface area contributed by atoms with Crippen molar-refractivity contribution < 1.29 is 9.13 Å². The van der Waals surface area contributed by atoms with Crippen LogP contribution in [0.3, 0.4) is 0 Å². The molecule has 2 nitrogen and oxygen atoms in total. The van der Waals surface area contributed by atoms with Crippen molar-refractivity contribution in [3.8, 4) is 5.75 Å². The van der Waals surface area contributed by atoms with Gasteiger partial charge in [0.1, 0.15) is 17.2 Å². The van der Waals surface area contributed by atoms with E-state index in [9.17, 15) is 4.39 Å². The number of hydrogen-bond donors (Lipinski definition) is 1. The lowest BCUT2D eigenvalue weighted by Gasteiger charge is -2.21. The van der Waals surface area contributed by atoms with Crippen LogP contribution in [0.2, 0.25) is 0 Å². The van der Waals surface area contributed by atoms with Crippen molar-refractivity contribution in [3.63, 3.8) is 0 Å². The van der Waals surface area contributed by atoms with Gasteiger partial charge in [-0.15, -0.1) is 0 Å². The summed E-state index contributed by atoms with van der Waals surface area (Å²) in [6, 6.07) is 14.0. The van der Waals surface area contributed by atoms with E-state index >= 15 is 0 Å². The second-order valence-electron chi connectivity index (χ2n) is 5.37. The third kappa shape index (κ3) is 4.28. The van der Waals surface area contributed by atoms with Gasteiger partial charge in [-0.2, -0.15) is 0 Å². The lowest BCUT2D eigenvalue weighted by molar-refractivity contribution is 0.131. The van der Waals surface area contributed by atoms with E-state index in [1.807, 2.05) is 45.0 Å². The molecule has 0 radical (unpaired) electrons. The molecule has 0 unspecified atom stereocenters. The van der Waals surface area contributed by atoms with Crippen molar-refractivity contribution >= 4 is 11.4 Å². The van der Waals surface area contributed by atoms with Gasteiger partial charge in [-0.05, 0) is 69.3 Å². The van der Waals surface area contributed by atoms with Gasteiger partial charge >= 0.3 is 0 Å². The molecule has 1 N–H and O–H groups in total. The van der Waals surface area contributed by atoms with E-state index in [0.29, 0.717) is 0 Å². The maximum Gasteiger partial charge on any atom is 0.123 e. The molecule has 0 aliphatic carbocycles. The molecule has 0 amide bonds. The van der Waals surface area contributed by atoms with Gasteiger partial charge < -0.3 is 10.1 Å². The molecule has 2 aromatic carbocycles. The molecule has 0 aliphatic heterocycles. The average Bonchev–Trinajstić information content (AvgIpc) is 2.33. The normalized spacial score (nSPS) is 11.2. The Bertz CT molecular complexity index is 526. The minimum Gasteiger partial charge on any atom is -0.488 e. The minimum absolute atomic E-state index is 0.202. The van der Waals surface area contributed by atoms with Crippen LogP contribution in [0.25, 0.3) is 0 Å². The smallest absolute Gasteiger partial charge is 0.123 e. The lowest BCUT2D eigenvalue weighted by Crippen LogP contribution is -2.22. The molecule has 0 aromatic heterocycles. The van der Waals surface area contributed by atoms with Gasteiger partial charge in [-0.25, -0.2) is 4.39 Å². The molecule has 0 spiro atoms. The second-order valence-corrected chi connectivity index (χ2v) is 5.37. The molecular formula is C16H18FNO. The van der Waals surface area contributed by atoms with E-state index in [0.717, 1.165) is 17.1 Å². The van der Waals surface area contributed by atoms with Gasteiger partial charge in [0.15, 0.2) is 0 Å². The summed E-state index contributed by atoms with van der Waals surface area (Å²) < 4.78 is 18.5. The SMILES string of the molecule is CC(C)(C)Oc1ccc(Nc2ccc(F)cc2)cc1. The van der Waals surface area contributed by atoms with Crippen LogP contribution in [0.1, 0.15) is 20.8 Å². The van der Waals surface area contributed by atoms with Gasteiger partial charge in [-0.3, -0.25) is 0 Å². The monoisotopic (exact) mass is 259 g/mol. The zero-order chi connectivity index (χ0) is 13.9. The largest absolute Gasteiger partial charge is 0.488 e. The summed E-state index contributed by atoms with van der Waals surface area (Å²) in [5, 5.41) is 3.20. The highest BCUT2D eigenvalue weighted by Gasteiger charge is 2.11. The first-order valence-corrected chi connectivity index (χ1v) is 6.24. The van der Waals surface area contributed by atoms with E-state index in [1.54, 1.807) is 12.1 Å². The molecule has 0 atom stereocenters. The number of benzene rings is 2. The topological polar surface area (TPSA) is 21.3 Å². The number of halogens is 1. The Morgan fingerprint density at radius 3 is 1.79 bits per heavy atom. The predicted octanol–water partition coefficient (Wildman–Crippen LogP) is 4.75. The molecule has 0 heterocycles. The highest BCUT2D eigenvalue weighted by atomic mass is 19.1. The second kappa shape index (κ2) is 5.31. The van der Waals surface area contributed by atoms with Crippen LogP contribution in [0.5, 0.6) is 5.75 Å². The lowest BCUT2D eigenvalue weighted by atomic mass is 10.2. The van der Waals surface area contributed by atoms with Crippen molar-refractivity contribution in [2.45, 2.75) is 26.4 Å². The Hall–Kier alpha value is -2.03. The van der Waals surface area contributed by atoms with Gasteiger partial charge in [-0.1, -0.05) is 0 Å². The third-order valence-corrected chi connectivity index (χ3v) is 2.41. The highest BCUT2D eigenvalue weighted by Crippen LogP contribution is 2.22. The van der Waals surface area contributed by atoms with Crippen LogP contribution in [-0.2, 0) is 0 Å². The van der Waals surface area contributed by atoms with E-state index < -0.39 is 0 Å². The number of rotatable bonds is 3. The Labute approximate surface area is 113 Å². The van der Waals surface area contributed by atoms with Crippen molar-refractivity contribution in [3.05, 3.63) is 54.3 Å². The Morgan fingerprint density at radius 1 is 0.842 bits per heavy atom. The first-order valence-electron chi connectivity index (χ1n) is 6.24. The van der Waals surface area contributed by atoms with Crippen molar-refractivity contribution in [2.24, 2.45) is 0 Å². The highest BCUT2D eigenvalue weighted by molar-refractivity contribution is 5.60. The first-order chi connectivity index (χ1) is 8.92. The molecular weight excluding hydrogens is 241 g/mol. The van der Waals surface area contributed by atoms with Gasteiger partial charge in [0.2, 0.25) is 0 Å². The van der Waals surface area contributed by atoms with Gasteiger partial charge in [0.05, 0.1) is 0 Å². The Morgan fingerprint density at radius 2 is 1.32 bits per heavy atom. The van der Waals surface area contributed by atoms with Crippen LogP contribution in [0, 0.1) is 5.82 Å². The number of hydrogen-bond acceptors (Lipinski definition) is 2. The molecule has 0 saturated carbocycles. The van der Waals surface area contributed by atoms with Crippen LogP contribution in [0.4, 0.5) is 15.8 Å². The molecule has 0 bridgehead atoms. The van der Waals surface area contributed by atoms with Crippen LogP contribution >= 0.6 is 0 Å². The quantitative estimate of drug-likeness (QED) is 0.859. The molecule has 2 rings (SSSR count). The third-order valence-electron chi connectivity index (χ3n) is 2.41.